The minimum atomic E-state index is -4.41. The highest BCUT2D eigenvalue weighted by Crippen LogP contribution is 2.34. The van der Waals surface area contributed by atoms with Crippen LogP contribution in [0.5, 0.6) is 0 Å². The van der Waals surface area contributed by atoms with E-state index in [9.17, 15) is 18.0 Å². The molecule has 0 aliphatic carbocycles. The van der Waals surface area contributed by atoms with Crippen LogP contribution >= 0.6 is 0 Å². The number of nitrogens with zero attached hydrogens (tertiary/aromatic N) is 4. The van der Waals surface area contributed by atoms with Crippen molar-refractivity contribution in [3.05, 3.63) is 54.2 Å². The Morgan fingerprint density at radius 3 is 2.67 bits per heavy atom. The Kier molecular flexibility index (Phi) is 4.90. The van der Waals surface area contributed by atoms with E-state index >= 15 is 0 Å². The molecule has 27 heavy (non-hydrogen) atoms. The molecule has 0 radical (unpaired) electrons. The summed E-state index contributed by atoms with van der Waals surface area (Å²) < 4.78 is 40.1. The van der Waals surface area contributed by atoms with E-state index in [0.717, 1.165) is 12.1 Å². The van der Waals surface area contributed by atoms with E-state index in [1.807, 2.05) is 6.07 Å². The molecule has 1 atom stereocenters. The first kappa shape index (κ1) is 18.5. The second kappa shape index (κ2) is 7.15. The van der Waals surface area contributed by atoms with Gasteiger partial charge in [0.1, 0.15) is 11.9 Å². The molecule has 0 spiro atoms. The average Bonchev–Trinajstić information content (AvgIpc) is 3.08. The van der Waals surface area contributed by atoms with Gasteiger partial charge < -0.3 is 10.2 Å². The average molecular weight is 375 g/mol. The molecule has 6 nitrogen and oxygen atoms in total. The van der Waals surface area contributed by atoms with Crippen LogP contribution in [0.2, 0.25) is 0 Å². The summed E-state index contributed by atoms with van der Waals surface area (Å²) in [5.41, 5.74) is 0.0374. The van der Waals surface area contributed by atoms with Gasteiger partial charge in [-0.05, 0) is 30.3 Å². The Morgan fingerprint density at radius 1 is 1.37 bits per heavy atom. The number of aromatic nitrogens is 2. The Balaban J connectivity index is 1.90. The number of nitrogens with one attached hydrogen (secondary N) is 1. The van der Waals surface area contributed by atoms with Gasteiger partial charge in [0.2, 0.25) is 5.91 Å². The summed E-state index contributed by atoms with van der Waals surface area (Å²) in [5, 5.41) is 16.0. The summed E-state index contributed by atoms with van der Waals surface area (Å²) in [6, 6.07) is 8.37. The molecule has 0 unspecified atom stereocenters. The van der Waals surface area contributed by atoms with Crippen LogP contribution in [-0.4, -0.2) is 28.8 Å². The topological polar surface area (TPSA) is 74.0 Å². The van der Waals surface area contributed by atoms with Crippen LogP contribution in [0.15, 0.2) is 43.0 Å². The van der Waals surface area contributed by atoms with Gasteiger partial charge in [0, 0.05) is 37.3 Å². The van der Waals surface area contributed by atoms with Crippen molar-refractivity contribution in [2.75, 3.05) is 18.0 Å². The molecule has 0 fully saturated rings. The smallest absolute Gasteiger partial charge is 0.352 e. The van der Waals surface area contributed by atoms with E-state index < -0.39 is 11.7 Å². The van der Waals surface area contributed by atoms with Crippen molar-refractivity contribution in [2.45, 2.75) is 12.7 Å². The number of hydrogen-bond acceptors (Lipinski definition) is 4. The number of benzene rings is 1. The Labute approximate surface area is 153 Å². The largest absolute Gasteiger partial charge is 0.416 e. The van der Waals surface area contributed by atoms with E-state index in [4.69, 9.17) is 5.26 Å². The third-order valence-corrected chi connectivity index (χ3v) is 4.28. The molecule has 1 aliphatic rings. The number of amides is 1. The van der Waals surface area contributed by atoms with E-state index in [-0.39, 0.29) is 17.5 Å². The third-order valence-electron chi connectivity index (χ3n) is 4.28. The van der Waals surface area contributed by atoms with Gasteiger partial charge in [-0.1, -0.05) is 6.58 Å². The number of anilines is 2. The van der Waals surface area contributed by atoms with Crippen molar-refractivity contribution < 1.29 is 18.0 Å². The zero-order valence-electron chi connectivity index (χ0n) is 14.2. The molecule has 1 aromatic heterocycles. The Morgan fingerprint density at radius 2 is 2.07 bits per heavy atom. The highest BCUT2D eigenvalue weighted by molar-refractivity contribution is 5.86. The molecule has 3 rings (SSSR count). The maximum Gasteiger partial charge on any atom is 0.416 e. The highest BCUT2D eigenvalue weighted by atomic mass is 19.4. The molecule has 9 heteroatoms. The Bertz CT molecular complexity index is 895. The fourth-order valence-corrected chi connectivity index (χ4v) is 2.98. The summed E-state index contributed by atoms with van der Waals surface area (Å²) in [5.74, 6) is 0.271. The van der Waals surface area contributed by atoms with E-state index in [1.165, 1.54) is 18.2 Å². The fraction of sp³-hybridized carbons (Fsp3) is 0.278. The second-order valence-corrected chi connectivity index (χ2v) is 6.15. The number of halogens is 3. The number of carbonyl (C=O) groups is 1. The van der Waals surface area contributed by atoms with Gasteiger partial charge in [-0.2, -0.15) is 23.5 Å². The lowest BCUT2D eigenvalue weighted by Gasteiger charge is -2.34. The number of carbonyl (C=O) groups excluding carboxylic acids is 1. The summed E-state index contributed by atoms with van der Waals surface area (Å²) in [7, 11) is 0. The lowest BCUT2D eigenvalue weighted by atomic mass is 10.1. The van der Waals surface area contributed by atoms with Crippen LogP contribution in [0.3, 0.4) is 0 Å². The molecule has 1 amide bonds. The van der Waals surface area contributed by atoms with E-state index in [1.54, 1.807) is 15.6 Å². The predicted molar refractivity (Wildman–Crippen MR) is 92.1 cm³/mol. The zero-order chi connectivity index (χ0) is 19.6. The summed E-state index contributed by atoms with van der Waals surface area (Å²) in [6.07, 6.45) is -3.24. The van der Waals surface area contributed by atoms with Crippen LogP contribution in [-0.2, 0) is 17.5 Å². The SMILES string of the molecule is C=CC(=O)NC[C@@H]1CN(c2ccc(C(F)(F)F)cc2)c2cc(C#N)nn2C1. The number of alkyl halides is 3. The van der Waals surface area contributed by atoms with Crippen LogP contribution in [0.4, 0.5) is 24.7 Å². The first-order valence-electron chi connectivity index (χ1n) is 8.15. The number of nitriles is 1. The predicted octanol–water partition coefficient (Wildman–Crippen LogP) is 2.84. The third kappa shape index (κ3) is 3.95. The normalized spacial score (nSPS) is 16.4. The molecule has 0 bridgehead atoms. The van der Waals surface area contributed by atoms with Crippen LogP contribution < -0.4 is 10.2 Å². The molecule has 140 valence electrons. The van der Waals surface area contributed by atoms with Crippen molar-refractivity contribution in [3.63, 3.8) is 0 Å². The first-order valence-corrected chi connectivity index (χ1v) is 8.15. The molecular formula is C18H16F3N5O. The minimum absolute atomic E-state index is 0.0462. The molecular weight excluding hydrogens is 359 g/mol. The van der Waals surface area contributed by atoms with Crippen molar-refractivity contribution in [3.8, 4) is 6.07 Å². The zero-order valence-corrected chi connectivity index (χ0v) is 14.2. The van der Waals surface area contributed by atoms with E-state index in [2.05, 4.69) is 17.0 Å². The molecule has 0 saturated heterocycles. The monoisotopic (exact) mass is 375 g/mol. The van der Waals surface area contributed by atoms with Crippen LogP contribution in [0.25, 0.3) is 0 Å². The fourth-order valence-electron chi connectivity index (χ4n) is 2.98. The Hall–Kier alpha value is -3.28. The van der Waals surface area contributed by atoms with Gasteiger partial charge in [0.15, 0.2) is 5.69 Å². The summed E-state index contributed by atoms with van der Waals surface area (Å²) >= 11 is 0. The maximum absolute atomic E-state index is 12.8. The lowest BCUT2D eigenvalue weighted by molar-refractivity contribution is -0.137. The van der Waals surface area contributed by atoms with Gasteiger partial charge in [-0.25, -0.2) is 4.68 Å². The quantitative estimate of drug-likeness (QED) is 0.834. The van der Waals surface area contributed by atoms with Gasteiger partial charge in [0.05, 0.1) is 5.56 Å². The van der Waals surface area contributed by atoms with Gasteiger partial charge in [0.25, 0.3) is 0 Å². The number of fused-ring (bicyclic) bond motifs is 1. The summed E-state index contributed by atoms with van der Waals surface area (Å²) in [6.45, 7) is 4.68. The second-order valence-electron chi connectivity index (χ2n) is 6.15. The van der Waals surface area contributed by atoms with Crippen LogP contribution in [0.1, 0.15) is 11.3 Å². The highest BCUT2D eigenvalue weighted by Gasteiger charge is 2.31. The first-order chi connectivity index (χ1) is 12.8. The number of hydrogen-bond donors (Lipinski definition) is 1. The number of rotatable bonds is 4. The van der Waals surface area contributed by atoms with E-state index in [0.29, 0.717) is 31.1 Å². The van der Waals surface area contributed by atoms with Gasteiger partial charge in [-0.15, -0.1) is 0 Å². The molecule has 0 saturated carbocycles. The van der Waals surface area contributed by atoms with Crippen molar-refractivity contribution in [1.29, 1.82) is 5.26 Å². The molecule has 1 aliphatic heterocycles. The minimum Gasteiger partial charge on any atom is -0.352 e. The van der Waals surface area contributed by atoms with Gasteiger partial charge >= 0.3 is 6.18 Å². The standard InChI is InChI=1S/C18H16F3N5O/c1-2-16(27)23-9-12-10-25(17-7-14(8-22)24-26(17)11-12)15-5-3-13(4-6-15)18(19,20)21/h2-7,12H,1,9-11H2,(H,23,27)/t12-/m1/s1. The van der Waals surface area contributed by atoms with Crippen LogP contribution in [0, 0.1) is 17.2 Å². The van der Waals surface area contributed by atoms with Crippen molar-refractivity contribution in [2.24, 2.45) is 5.92 Å². The molecule has 1 N–H and O–H groups in total. The van der Waals surface area contributed by atoms with Crippen molar-refractivity contribution in [1.82, 2.24) is 15.1 Å². The molecule has 2 aromatic rings. The summed E-state index contributed by atoms with van der Waals surface area (Å²) in [4.78, 5) is 13.2. The van der Waals surface area contributed by atoms with Crippen molar-refractivity contribution >= 4 is 17.4 Å². The lowest BCUT2D eigenvalue weighted by Crippen LogP contribution is -2.41. The molecule has 1 aromatic carbocycles. The van der Waals surface area contributed by atoms with Gasteiger partial charge in [-0.3, -0.25) is 4.79 Å². The molecule has 2 heterocycles. The maximum atomic E-state index is 12.8.